The topological polar surface area (TPSA) is 38.3 Å². The zero-order valence-corrected chi connectivity index (χ0v) is 13.8. The minimum atomic E-state index is -0.691. The lowest BCUT2D eigenvalue weighted by molar-refractivity contribution is -0.148. The number of rotatable bonds is 6. The van der Waals surface area contributed by atoms with Crippen LogP contribution in [0.3, 0.4) is 0 Å². The van der Waals surface area contributed by atoms with Gasteiger partial charge < -0.3 is 10.1 Å². The molecule has 0 bridgehead atoms. The molecule has 1 N–H and O–H groups in total. The lowest BCUT2D eigenvalue weighted by atomic mass is 9.92. The van der Waals surface area contributed by atoms with Gasteiger partial charge >= 0.3 is 5.97 Å². The third-order valence-electron chi connectivity index (χ3n) is 3.18. The van der Waals surface area contributed by atoms with Gasteiger partial charge in [-0.25, -0.2) is 4.79 Å². The fraction of sp³-hybridized carbons (Fsp3) is 0.500. The Balaban J connectivity index is 3.00. The second kappa shape index (κ2) is 7.15. The van der Waals surface area contributed by atoms with Crippen LogP contribution in [0.4, 0.5) is 5.69 Å². The molecule has 0 heterocycles. The molecule has 1 aromatic rings. The van der Waals surface area contributed by atoms with Crippen molar-refractivity contribution in [2.75, 3.05) is 11.9 Å². The maximum atomic E-state index is 12.2. The monoisotopic (exact) mass is 347 g/mol. The lowest BCUT2D eigenvalue weighted by Crippen LogP contribution is -2.46. The first-order valence-corrected chi connectivity index (χ1v) is 7.56. The number of carbonyl (C=O) groups is 1. The van der Waals surface area contributed by atoms with Crippen molar-refractivity contribution in [1.82, 2.24) is 0 Å². The van der Waals surface area contributed by atoms with Crippen molar-refractivity contribution in [1.29, 1.82) is 0 Å². The van der Waals surface area contributed by atoms with Crippen molar-refractivity contribution in [2.45, 2.75) is 39.2 Å². The summed E-state index contributed by atoms with van der Waals surface area (Å²) < 4.78 is 5.97. The third-order valence-corrected chi connectivity index (χ3v) is 4.39. The maximum Gasteiger partial charge on any atom is 0.331 e. The van der Waals surface area contributed by atoms with E-state index in [9.17, 15) is 4.79 Å². The van der Waals surface area contributed by atoms with Gasteiger partial charge in [0, 0.05) is 10.2 Å². The van der Waals surface area contributed by atoms with Crippen LogP contribution in [-0.4, -0.2) is 18.1 Å². The quantitative estimate of drug-likeness (QED) is 0.761. The van der Waals surface area contributed by atoms with E-state index in [1.165, 1.54) is 0 Å². The van der Waals surface area contributed by atoms with Crippen LogP contribution >= 0.6 is 27.5 Å². The highest BCUT2D eigenvalue weighted by atomic mass is 79.9. The van der Waals surface area contributed by atoms with Gasteiger partial charge in [-0.05, 0) is 53.9 Å². The van der Waals surface area contributed by atoms with Crippen LogP contribution in [0.15, 0.2) is 22.7 Å². The van der Waals surface area contributed by atoms with Crippen molar-refractivity contribution in [3.05, 3.63) is 27.7 Å². The van der Waals surface area contributed by atoms with Crippen LogP contribution in [-0.2, 0) is 9.53 Å². The predicted octanol–water partition coefficient (Wildman–Crippen LogP) is 4.64. The van der Waals surface area contributed by atoms with Gasteiger partial charge in [-0.3, -0.25) is 0 Å². The Labute approximate surface area is 127 Å². The molecule has 0 atom stereocenters. The minimum absolute atomic E-state index is 0.217. The smallest absolute Gasteiger partial charge is 0.331 e. The molecule has 5 heteroatoms. The highest BCUT2D eigenvalue weighted by molar-refractivity contribution is 9.10. The van der Waals surface area contributed by atoms with E-state index in [0.717, 1.165) is 10.2 Å². The first-order chi connectivity index (χ1) is 8.99. The van der Waals surface area contributed by atoms with E-state index in [4.69, 9.17) is 16.3 Å². The maximum absolute atomic E-state index is 12.2. The van der Waals surface area contributed by atoms with Gasteiger partial charge in [0.05, 0.1) is 11.6 Å². The second-order valence-electron chi connectivity index (χ2n) is 4.26. The van der Waals surface area contributed by atoms with Gasteiger partial charge in [0.25, 0.3) is 0 Å². The molecular formula is C14H19BrClNO2. The SMILES string of the molecule is CCOC(=O)C(CC)(CC)Nc1ccc(Cl)c(Br)c1. The van der Waals surface area contributed by atoms with Gasteiger partial charge in [-0.15, -0.1) is 0 Å². The number of esters is 1. The average molecular weight is 349 g/mol. The first-order valence-electron chi connectivity index (χ1n) is 6.39. The van der Waals surface area contributed by atoms with Crippen molar-refractivity contribution in [2.24, 2.45) is 0 Å². The van der Waals surface area contributed by atoms with Crippen LogP contribution in [0.1, 0.15) is 33.6 Å². The molecule has 1 aromatic carbocycles. The van der Waals surface area contributed by atoms with Crippen LogP contribution in [0.25, 0.3) is 0 Å². The summed E-state index contributed by atoms with van der Waals surface area (Å²) in [5.41, 5.74) is 0.150. The second-order valence-corrected chi connectivity index (χ2v) is 5.53. The summed E-state index contributed by atoms with van der Waals surface area (Å²) in [4.78, 5) is 12.2. The summed E-state index contributed by atoms with van der Waals surface area (Å²) in [6.07, 6.45) is 1.31. The van der Waals surface area contributed by atoms with E-state index < -0.39 is 5.54 Å². The number of carbonyl (C=O) groups excluding carboxylic acids is 1. The highest BCUT2D eigenvalue weighted by Crippen LogP contribution is 2.29. The molecule has 1 rings (SSSR count). The largest absolute Gasteiger partial charge is 0.464 e. The summed E-state index contributed by atoms with van der Waals surface area (Å²) in [6.45, 7) is 6.14. The molecule has 0 unspecified atom stereocenters. The van der Waals surface area contributed by atoms with Gasteiger partial charge in [0.2, 0.25) is 0 Å². The summed E-state index contributed by atoms with van der Waals surface area (Å²) in [6, 6.07) is 5.50. The zero-order chi connectivity index (χ0) is 14.5. The molecule has 0 fully saturated rings. The van der Waals surface area contributed by atoms with Crippen LogP contribution in [0.2, 0.25) is 5.02 Å². The molecule has 0 radical (unpaired) electrons. The Morgan fingerprint density at radius 3 is 2.47 bits per heavy atom. The number of ether oxygens (including phenoxy) is 1. The molecule has 0 saturated heterocycles. The third kappa shape index (κ3) is 3.86. The summed E-state index contributed by atoms with van der Waals surface area (Å²) in [7, 11) is 0. The molecule has 19 heavy (non-hydrogen) atoms. The van der Waals surface area contributed by atoms with Crippen LogP contribution < -0.4 is 5.32 Å². The Kier molecular flexibility index (Phi) is 6.14. The number of anilines is 1. The van der Waals surface area contributed by atoms with E-state index in [1.807, 2.05) is 32.9 Å². The Morgan fingerprint density at radius 2 is 2.00 bits per heavy atom. The number of halogens is 2. The number of nitrogens with one attached hydrogen (secondary N) is 1. The van der Waals surface area contributed by atoms with Crippen LogP contribution in [0.5, 0.6) is 0 Å². The van der Waals surface area contributed by atoms with Gasteiger partial charge in [0.15, 0.2) is 0 Å². The molecule has 106 valence electrons. The summed E-state index contributed by atoms with van der Waals surface area (Å²) in [5.74, 6) is -0.217. The molecule has 0 amide bonds. The summed E-state index contributed by atoms with van der Waals surface area (Å²) >= 11 is 9.34. The Hall–Kier alpha value is -0.740. The first kappa shape index (κ1) is 16.3. The molecule has 0 aliphatic rings. The minimum Gasteiger partial charge on any atom is -0.464 e. The Bertz CT molecular complexity index is 447. The van der Waals surface area contributed by atoms with Crippen molar-refractivity contribution < 1.29 is 9.53 Å². The molecule has 3 nitrogen and oxygen atoms in total. The van der Waals surface area contributed by atoms with Crippen LogP contribution in [0, 0.1) is 0 Å². The van der Waals surface area contributed by atoms with E-state index in [1.54, 1.807) is 6.07 Å². The standard InChI is InChI=1S/C14H19BrClNO2/c1-4-14(5-2,13(18)19-6-3)17-10-7-8-12(16)11(15)9-10/h7-9,17H,4-6H2,1-3H3. The van der Waals surface area contributed by atoms with E-state index >= 15 is 0 Å². The highest BCUT2D eigenvalue weighted by Gasteiger charge is 2.36. The fourth-order valence-corrected chi connectivity index (χ4v) is 2.38. The fourth-order valence-electron chi connectivity index (χ4n) is 1.89. The normalized spacial score (nSPS) is 11.2. The summed E-state index contributed by atoms with van der Waals surface area (Å²) in [5, 5.41) is 3.92. The van der Waals surface area contributed by atoms with E-state index in [2.05, 4.69) is 21.2 Å². The molecule has 0 spiro atoms. The molecule has 0 aromatic heterocycles. The number of hydrogen-bond acceptors (Lipinski definition) is 3. The van der Waals surface area contributed by atoms with Crippen molar-refractivity contribution in [3.8, 4) is 0 Å². The van der Waals surface area contributed by atoms with Gasteiger partial charge in [0.1, 0.15) is 5.54 Å². The Morgan fingerprint density at radius 1 is 1.37 bits per heavy atom. The lowest BCUT2D eigenvalue weighted by Gasteiger charge is -2.31. The van der Waals surface area contributed by atoms with E-state index in [0.29, 0.717) is 24.5 Å². The van der Waals surface area contributed by atoms with Crippen molar-refractivity contribution in [3.63, 3.8) is 0 Å². The molecule has 0 aliphatic carbocycles. The number of hydrogen-bond donors (Lipinski definition) is 1. The predicted molar refractivity (Wildman–Crippen MR) is 82.7 cm³/mol. The van der Waals surface area contributed by atoms with Crippen molar-refractivity contribution >= 4 is 39.2 Å². The molecule has 0 aliphatic heterocycles. The average Bonchev–Trinajstić information content (AvgIpc) is 2.40. The van der Waals surface area contributed by atoms with E-state index in [-0.39, 0.29) is 5.97 Å². The molecule has 0 saturated carbocycles. The van der Waals surface area contributed by atoms with Gasteiger partial charge in [-0.1, -0.05) is 25.4 Å². The number of benzene rings is 1. The van der Waals surface area contributed by atoms with Gasteiger partial charge in [-0.2, -0.15) is 0 Å². The zero-order valence-electron chi connectivity index (χ0n) is 11.4. The molecular weight excluding hydrogens is 330 g/mol.